The second kappa shape index (κ2) is 7.89. The Morgan fingerprint density at radius 1 is 0.793 bits per heavy atom. The van der Waals surface area contributed by atoms with E-state index in [0.29, 0.717) is 10.6 Å². The average molecular weight is 401 g/mol. The lowest BCUT2D eigenvalue weighted by molar-refractivity contribution is 0.0900. The molecule has 1 aliphatic rings. The molecule has 29 heavy (non-hydrogen) atoms. The van der Waals surface area contributed by atoms with E-state index in [4.69, 9.17) is 21.7 Å². The number of ether oxygens (including phenoxy) is 2. The number of nitrogens with zero attached hydrogens (tertiary/aromatic N) is 1. The zero-order valence-electron chi connectivity index (χ0n) is 16.1. The lowest BCUT2D eigenvalue weighted by Crippen LogP contribution is -2.23. The van der Waals surface area contributed by atoms with Gasteiger partial charge in [0.15, 0.2) is 0 Å². The fourth-order valence-electron chi connectivity index (χ4n) is 3.31. The topological polar surface area (TPSA) is 38.8 Å². The molecule has 4 nitrogen and oxygen atoms in total. The normalized spacial score (nSPS) is 12.6. The highest BCUT2D eigenvalue weighted by Gasteiger charge is 2.31. The van der Waals surface area contributed by atoms with Crippen molar-refractivity contribution in [1.29, 1.82) is 0 Å². The largest absolute Gasteiger partial charge is 0.497 e. The van der Waals surface area contributed by atoms with Gasteiger partial charge >= 0.3 is 0 Å². The molecule has 0 aliphatic carbocycles. The van der Waals surface area contributed by atoms with Gasteiger partial charge in [0.1, 0.15) is 16.5 Å². The van der Waals surface area contributed by atoms with Crippen LogP contribution in [-0.4, -0.2) is 30.0 Å². The summed E-state index contributed by atoms with van der Waals surface area (Å²) in [5.41, 5.74) is 4.17. The van der Waals surface area contributed by atoms with Gasteiger partial charge in [-0.3, -0.25) is 9.69 Å². The van der Waals surface area contributed by atoms with Crippen LogP contribution in [0.2, 0.25) is 0 Å². The third-order valence-corrected chi connectivity index (χ3v) is 5.30. The third-order valence-electron chi connectivity index (χ3n) is 4.89. The number of benzene rings is 3. The molecule has 1 aliphatic heterocycles. The number of fused-ring (bicyclic) bond motifs is 1. The van der Waals surface area contributed by atoms with E-state index >= 15 is 0 Å². The average Bonchev–Trinajstić information content (AvgIpc) is 3.02. The maximum atomic E-state index is 13.0. The van der Waals surface area contributed by atoms with Crippen LogP contribution in [0.1, 0.15) is 27.0 Å². The molecule has 0 N–H and O–H groups in total. The molecule has 3 aromatic carbocycles. The van der Waals surface area contributed by atoms with Gasteiger partial charge in [-0.25, -0.2) is 0 Å². The summed E-state index contributed by atoms with van der Waals surface area (Å²) in [6, 6.07) is 22.9. The number of rotatable bonds is 5. The Bertz CT molecular complexity index is 1020. The van der Waals surface area contributed by atoms with Crippen LogP contribution in [0.25, 0.3) is 5.57 Å². The van der Waals surface area contributed by atoms with Crippen molar-refractivity contribution in [2.45, 2.75) is 0 Å². The number of thiocarbonyl (C=S) groups is 1. The summed E-state index contributed by atoms with van der Waals surface area (Å²) in [4.78, 5) is 15.0. The second-order valence-corrected chi connectivity index (χ2v) is 6.91. The highest BCUT2D eigenvalue weighted by Crippen LogP contribution is 2.31. The Hall–Kier alpha value is -3.44. The quantitative estimate of drug-likeness (QED) is 0.569. The molecule has 1 heterocycles. The Labute approximate surface area is 175 Å². The van der Waals surface area contributed by atoms with Gasteiger partial charge < -0.3 is 9.47 Å². The molecule has 0 unspecified atom stereocenters. The molecule has 0 bridgehead atoms. The predicted octanol–water partition coefficient (Wildman–Crippen LogP) is 4.92. The first-order valence-corrected chi connectivity index (χ1v) is 9.51. The number of methoxy groups -OCH3 is 2. The Balaban J connectivity index is 1.81. The Morgan fingerprint density at radius 3 is 1.72 bits per heavy atom. The van der Waals surface area contributed by atoms with Gasteiger partial charge in [0.05, 0.1) is 19.8 Å². The van der Waals surface area contributed by atoms with Gasteiger partial charge in [-0.15, -0.1) is 0 Å². The minimum absolute atomic E-state index is 0.120. The highest BCUT2D eigenvalue weighted by atomic mass is 32.1. The maximum Gasteiger partial charge on any atom is 0.263 e. The smallest absolute Gasteiger partial charge is 0.263 e. The van der Waals surface area contributed by atoms with E-state index in [-0.39, 0.29) is 5.91 Å². The molecular formula is C24H19NO3S. The van der Waals surface area contributed by atoms with Gasteiger partial charge in [0, 0.05) is 17.3 Å². The minimum atomic E-state index is -0.120. The van der Waals surface area contributed by atoms with Gasteiger partial charge in [-0.05, 0) is 41.5 Å². The molecule has 0 fully saturated rings. The first kappa shape index (κ1) is 18.9. The summed E-state index contributed by atoms with van der Waals surface area (Å²) >= 11 is 5.59. The zero-order chi connectivity index (χ0) is 20.4. The van der Waals surface area contributed by atoms with E-state index in [9.17, 15) is 4.79 Å². The summed E-state index contributed by atoms with van der Waals surface area (Å²) in [5.74, 6) is 1.41. The van der Waals surface area contributed by atoms with Crippen LogP contribution >= 0.6 is 12.2 Å². The molecule has 1 amide bonds. The SMILES string of the molecule is COc1ccc(C(=CN2C(=O)c3ccccc3C2=S)c2ccc(OC)cc2)cc1. The summed E-state index contributed by atoms with van der Waals surface area (Å²) < 4.78 is 10.5. The zero-order valence-corrected chi connectivity index (χ0v) is 16.9. The first-order valence-electron chi connectivity index (χ1n) is 9.10. The van der Waals surface area contributed by atoms with Crippen molar-refractivity contribution >= 4 is 28.7 Å². The lowest BCUT2D eigenvalue weighted by Gasteiger charge is -2.16. The summed E-state index contributed by atoms with van der Waals surface area (Å²) in [7, 11) is 3.27. The van der Waals surface area contributed by atoms with Crippen molar-refractivity contribution in [1.82, 2.24) is 4.90 Å². The van der Waals surface area contributed by atoms with E-state index in [2.05, 4.69) is 0 Å². The van der Waals surface area contributed by atoms with Gasteiger partial charge in [-0.2, -0.15) is 0 Å². The van der Waals surface area contributed by atoms with Crippen molar-refractivity contribution in [2.75, 3.05) is 14.2 Å². The fourth-order valence-corrected chi connectivity index (χ4v) is 3.62. The number of carbonyl (C=O) groups excluding carboxylic acids is 1. The highest BCUT2D eigenvalue weighted by molar-refractivity contribution is 7.80. The van der Waals surface area contributed by atoms with E-state index in [1.807, 2.05) is 72.9 Å². The van der Waals surface area contributed by atoms with E-state index < -0.39 is 0 Å². The molecule has 0 atom stereocenters. The summed E-state index contributed by atoms with van der Waals surface area (Å²) in [6.45, 7) is 0. The van der Waals surface area contributed by atoms with Gasteiger partial charge in [0.2, 0.25) is 0 Å². The molecular weight excluding hydrogens is 382 g/mol. The first-order chi connectivity index (χ1) is 14.1. The van der Waals surface area contributed by atoms with E-state index in [0.717, 1.165) is 33.8 Å². The molecule has 4 rings (SSSR count). The number of hydrogen-bond acceptors (Lipinski definition) is 4. The van der Waals surface area contributed by atoms with E-state index in [1.165, 1.54) is 0 Å². The Kier molecular flexibility index (Phi) is 5.14. The minimum Gasteiger partial charge on any atom is -0.497 e. The second-order valence-electron chi connectivity index (χ2n) is 6.53. The van der Waals surface area contributed by atoms with Crippen LogP contribution in [0.15, 0.2) is 79.0 Å². The van der Waals surface area contributed by atoms with Crippen LogP contribution < -0.4 is 9.47 Å². The summed E-state index contributed by atoms with van der Waals surface area (Å²) in [6.07, 6.45) is 1.81. The third kappa shape index (κ3) is 3.52. The van der Waals surface area contributed by atoms with Crippen molar-refractivity contribution in [3.8, 4) is 11.5 Å². The van der Waals surface area contributed by atoms with Crippen molar-refractivity contribution < 1.29 is 14.3 Å². The van der Waals surface area contributed by atoms with Gasteiger partial charge in [-0.1, -0.05) is 54.7 Å². The molecule has 144 valence electrons. The lowest BCUT2D eigenvalue weighted by atomic mass is 9.98. The summed E-state index contributed by atoms with van der Waals surface area (Å²) in [5, 5.41) is 0. The molecule has 3 aromatic rings. The predicted molar refractivity (Wildman–Crippen MR) is 117 cm³/mol. The van der Waals surface area contributed by atoms with Gasteiger partial charge in [0.25, 0.3) is 5.91 Å². The monoisotopic (exact) mass is 401 g/mol. The number of carbonyl (C=O) groups is 1. The number of hydrogen-bond donors (Lipinski definition) is 0. The van der Waals surface area contributed by atoms with Crippen LogP contribution in [0.4, 0.5) is 0 Å². The molecule has 0 saturated heterocycles. The van der Waals surface area contributed by atoms with Crippen molar-refractivity contribution in [3.05, 3.63) is 101 Å². The molecule has 5 heteroatoms. The molecule has 0 spiro atoms. The maximum absolute atomic E-state index is 13.0. The van der Waals surface area contributed by atoms with Crippen LogP contribution in [0.3, 0.4) is 0 Å². The molecule has 0 aromatic heterocycles. The van der Waals surface area contributed by atoms with Crippen LogP contribution in [-0.2, 0) is 0 Å². The van der Waals surface area contributed by atoms with Crippen molar-refractivity contribution in [3.63, 3.8) is 0 Å². The Morgan fingerprint density at radius 2 is 1.28 bits per heavy atom. The fraction of sp³-hybridized carbons (Fsp3) is 0.0833. The standard InChI is InChI=1S/C24H19NO3S/c1-27-18-11-7-16(8-12-18)22(17-9-13-19(28-2)14-10-17)15-25-23(26)20-5-3-4-6-21(20)24(25)29/h3-15H,1-2H3. The number of amides is 1. The molecule has 0 radical (unpaired) electrons. The van der Waals surface area contributed by atoms with Crippen LogP contribution in [0.5, 0.6) is 11.5 Å². The molecule has 0 saturated carbocycles. The van der Waals surface area contributed by atoms with Crippen LogP contribution in [0, 0.1) is 0 Å². The van der Waals surface area contributed by atoms with Crippen molar-refractivity contribution in [2.24, 2.45) is 0 Å². The van der Waals surface area contributed by atoms with E-state index in [1.54, 1.807) is 25.2 Å².